The molecule has 0 aliphatic heterocycles. The summed E-state index contributed by atoms with van der Waals surface area (Å²) < 4.78 is 0. The fourth-order valence-electron chi connectivity index (χ4n) is 1.70. The average molecular weight is 276 g/mol. The smallest absolute Gasteiger partial charge is 0.258 e. The maximum Gasteiger partial charge on any atom is 0.270 e. The van der Waals surface area contributed by atoms with Gasteiger partial charge in [0.1, 0.15) is 5.01 Å². The molecule has 4 nitrogen and oxygen atoms in total. The van der Waals surface area contributed by atoms with Crippen molar-refractivity contribution < 1.29 is 4.92 Å². The summed E-state index contributed by atoms with van der Waals surface area (Å²) in [5.74, 6) is 0. The van der Waals surface area contributed by atoms with E-state index in [0.717, 1.165) is 21.8 Å². The molecule has 0 atom stereocenters. The Bertz CT molecular complexity index is 627. The summed E-state index contributed by atoms with van der Waals surface area (Å²) in [4.78, 5) is 15.1. The van der Waals surface area contributed by atoms with Gasteiger partial charge in [-0.05, 0) is 12.5 Å². The van der Waals surface area contributed by atoms with Crippen molar-refractivity contribution in [2.75, 3.05) is 0 Å². The van der Waals surface area contributed by atoms with Gasteiger partial charge in [0, 0.05) is 28.5 Å². The Hall–Kier alpha value is -1.75. The zero-order valence-electron chi connectivity index (χ0n) is 11.4. The van der Waals surface area contributed by atoms with E-state index < -0.39 is 0 Å². The van der Waals surface area contributed by atoms with E-state index in [1.165, 1.54) is 17.4 Å². The molecule has 0 aliphatic carbocycles. The van der Waals surface area contributed by atoms with Crippen LogP contribution in [0.4, 0.5) is 5.69 Å². The number of hydrogen-bond acceptors (Lipinski definition) is 4. The summed E-state index contributed by atoms with van der Waals surface area (Å²) in [6.07, 6.45) is 0. The second-order valence-electron chi connectivity index (χ2n) is 5.54. The number of hydrogen-bond donors (Lipinski definition) is 0. The highest BCUT2D eigenvalue weighted by Gasteiger charge is 2.19. The standard InChI is InChI=1S/C14H16N2O2S/c1-9-5-6-10(16(17)18)7-11(9)13-15-12(8-19-13)14(2,3)4/h5-8H,1-4H3. The van der Waals surface area contributed by atoms with Gasteiger partial charge in [-0.2, -0.15) is 0 Å². The van der Waals surface area contributed by atoms with Crippen LogP contribution in [0.5, 0.6) is 0 Å². The number of aromatic nitrogens is 1. The summed E-state index contributed by atoms with van der Waals surface area (Å²) in [6.45, 7) is 8.25. The van der Waals surface area contributed by atoms with Gasteiger partial charge in [-0.3, -0.25) is 10.1 Å². The Morgan fingerprint density at radius 2 is 2.00 bits per heavy atom. The molecule has 19 heavy (non-hydrogen) atoms. The molecule has 1 aromatic heterocycles. The maximum atomic E-state index is 10.8. The van der Waals surface area contributed by atoms with Crippen molar-refractivity contribution in [1.82, 2.24) is 4.98 Å². The van der Waals surface area contributed by atoms with E-state index >= 15 is 0 Å². The SMILES string of the molecule is Cc1ccc([N+](=O)[O-])cc1-c1nc(C(C)(C)C)cs1. The van der Waals surface area contributed by atoms with Gasteiger partial charge in [0.25, 0.3) is 5.69 Å². The molecule has 0 bridgehead atoms. The topological polar surface area (TPSA) is 56.0 Å². The normalized spacial score (nSPS) is 11.6. The molecule has 1 heterocycles. The molecule has 1 aromatic carbocycles. The van der Waals surface area contributed by atoms with Crippen LogP contribution in [0, 0.1) is 17.0 Å². The molecule has 0 spiro atoms. The maximum absolute atomic E-state index is 10.8. The summed E-state index contributed by atoms with van der Waals surface area (Å²) in [5, 5.41) is 13.7. The lowest BCUT2D eigenvalue weighted by atomic mass is 9.93. The summed E-state index contributed by atoms with van der Waals surface area (Å²) >= 11 is 1.53. The van der Waals surface area contributed by atoms with Crippen LogP contribution in [0.25, 0.3) is 10.6 Å². The van der Waals surface area contributed by atoms with E-state index in [9.17, 15) is 10.1 Å². The van der Waals surface area contributed by atoms with Crippen LogP contribution in [-0.2, 0) is 5.41 Å². The first-order valence-corrected chi connectivity index (χ1v) is 6.88. The Labute approximate surface area is 116 Å². The van der Waals surface area contributed by atoms with Gasteiger partial charge in [0.15, 0.2) is 0 Å². The van der Waals surface area contributed by atoms with E-state index in [2.05, 4.69) is 25.8 Å². The van der Waals surface area contributed by atoms with Crippen LogP contribution in [-0.4, -0.2) is 9.91 Å². The fourth-order valence-corrected chi connectivity index (χ4v) is 2.82. The molecule has 0 radical (unpaired) electrons. The molecule has 0 amide bonds. The van der Waals surface area contributed by atoms with Crippen molar-refractivity contribution in [3.05, 3.63) is 45.0 Å². The Balaban J connectivity index is 2.49. The Morgan fingerprint density at radius 3 is 2.53 bits per heavy atom. The lowest BCUT2D eigenvalue weighted by Crippen LogP contribution is -2.11. The van der Waals surface area contributed by atoms with E-state index in [0.29, 0.717) is 0 Å². The van der Waals surface area contributed by atoms with Gasteiger partial charge in [-0.25, -0.2) is 4.98 Å². The number of aryl methyl sites for hydroxylation is 1. The van der Waals surface area contributed by atoms with Crippen molar-refractivity contribution in [1.29, 1.82) is 0 Å². The molecule has 0 aliphatic rings. The van der Waals surface area contributed by atoms with Gasteiger partial charge in [-0.15, -0.1) is 11.3 Å². The highest BCUT2D eigenvalue weighted by Crippen LogP contribution is 2.33. The number of benzene rings is 1. The first kappa shape index (κ1) is 13.7. The zero-order valence-corrected chi connectivity index (χ0v) is 12.2. The van der Waals surface area contributed by atoms with Crippen LogP contribution in [0.15, 0.2) is 23.6 Å². The quantitative estimate of drug-likeness (QED) is 0.606. The number of rotatable bonds is 2. The highest BCUT2D eigenvalue weighted by atomic mass is 32.1. The monoisotopic (exact) mass is 276 g/mol. The van der Waals surface area contributed by atoms with Crippen LogP contribution >= 0.6 is 11.3 Å². The van der Waals surface area contributed by atoms with Crippen LogP contribution in [0.3, 0.4) is 0 Å². The molecule has 0 N–H and O–H groups in total. The molecule has 0 unspecified atom stereocenters. The van der Waals surface area contributed by atoms with E-state index in [-0.39, 0.29) is 16.0 Å². The highest BCUT2D eigenvalue weighted by molar-refractivity contribution is 7.13. The molecule has 0 saturated heterocycles. The van der Waals surface area contributed by atoms with E-state index in [1.54, 1.807) is 12.1 Å². The number of non-ortho nitro benzene ring substituents is 1. The van der Waals surface area contributed by atoms with E-state index in [1.807, 2.05) is 12.3 Å². The molecule has 2 aromatic rings. The largest absolute Gasteiger partial charge is 0.270 e. The van der Waals surface area contributed by atoms with Crippen molar-refractivity contribution in [3.8, 4) is 10.6 Å². The summed E-state index contributed by atoms with van der Waals surface area (Å²) in [7, 11) is 0. The summed E-state index contributed by atoms with van der Waals surface area (Å²) in [6, 6.07) is 4.89. The van der Waals surface area contributed by atoms with Gasteiger partial charge in [-0.1, -0.05) is 26.8 Å². The number of nitro benzene ring substituents is 1. The average Bonchev–Trinajstić information content (AvgIpc) is 2.78. The Morgan fingerprint density at radius 1 is 1.32 bits per heavy atom. The molecule has 100 valence electrons. The second-order valence-corrected chi connectivity index (χ2v) is 6.40. The van der Waals surface area contributed by atoms with Crippen LogP contribution < -0.4 is 0 Å². The molecule has 0 fully saturated rings. The van der Waals surface area contributed by atoms with Crippen molar-refractivity contribution in [2.45, 2.75) is 33.1 Å². The third-order valence-corrected chi connectivity index (χ3v) is 3.81. The summed E-state index contributed by atoms with van der Waals surface area (Å²) in [5.41, 5.74) is 2.95. The molecule has 2 rings (SSSR count). The third-order valence-electron chi connectivity index (χ3n) is 2.93. The predicted molar refractivity (Wildman–Crippen MR) is 77.6 cm³/mol. The molecular formula is C14H16N2O2S. The third kappa shape index (κ3) is 2.81. The van der Waals surface area contributed by atoms with Gasteiger partial charge in [0.2, 0.25) is 0 Å². The van der Waals surface area contributed by atoms with Crippen LogP contribution in [0.2, 0.25) is 0 Å². The van der Waals surface area contributed by atoms with Crippen molar-refractivity contribution in [3.63, 3.8) is 0 Å². The molecule has 5 heteroatoms. The van der Waals surface area contributed by atoms with Gasteiger partial charge in [0.05, 0.1) is 10.6 Å². The lowest BCUT2D eigenvalue weighted by molar-refractivity contribution is -0.384. The predicted octanol–water partition coefficient (Wildman–Crippen LogP) is 4.32. The first-order chi connectivity index (χ1) is 8.79. The van der Waals surface area contributed by atoms with E-state index in [4.69, 9.17) is 0 Å². The van der Waals surface area contributed by atoms with Gasteiger partial charge < -0.3 is 0 Å². The lowest BCUT2D eigenvalue weighted by Gasteiger charge is -2.14. The molecular weight excluding hydrogens is 260 g/mol. The van der Waals surface area contributed by atoms with Crippen LogP contribution in [0.1, 0.15) is 32.0 Å². The van der Waals surface area contributed by atoms with Gasteiger partial charge >= 0.3 is 0 Å². The Kier molecular flexibility index (Phi) is 3.41. The minimum atomic E-state index is -0.374. The minimum Gasteiger partial charge on any atom is -0.258 e. The number of nitrogens with zero attached hydrogens (tertiary/aromatic N) is 2. The van der Waals surface area contributed by atoms with Crippen molar-refractivity contribution >= 4 is 17.0 Å². The molecule has 0 saturated carbocycles. The number of thiazole rings is 1. The zero-order chi connectivity index (χ0) is 14.2. The fraction of sp³-hybridized carbons (Fsp3) is 0.357. The number of nitro groups is 1. The minimum absolute atomic E-state index is 0.0105. The first-order valence-electron chi connectivity index (χ1n) is 6.00. The second kappa shape index (κ2) is 4.74. The van der Waals surface area contributed by atoms with Crippen molar-refractivity contribution in [2.24, 2.45) is 0 Å².